The predicted octanol–water partition coefficient (Wildman–Crippen LogP) is 2.01. The van der Waals surface area contributed by atoms with E-state index in [1.807, 2.05) is 18.7 Å². The molecule has 2 fully saturated rings. The Labute approximate surface area is 143 Å². The van der Waals surface area contributed by atoms with E-state index in [2.05, 4.69) is 20.4 Å². The summed E-state index contributed by atoms with van der Waals surface area (Å²) in [5, 5.41) is 6.93. The first-order valence-electron chi connectivity index (χ1n) is 9.23. The number of nitrogens with one attached hydrogen (secondary N) is 1. The predicted molar refractivity (Wildman–Crippen MR) is 90.9 cm³/mol. The van der Waals surface area contributed by atoms with Gasteiger partial charge in [0.25, 0.3) is 0 Å². The number of amides is 2. The molecule has 0 radical (unpaired) electrons. The molecular weight excluding hydrogens is 306 g/mol. The van der Waals surface area contributed by atoms with Crippen LogP contribution in [0.5, 0.6) is 0 Å². The van der Waals surface area contributed by atoms with Gasteiger partial charge in [0.15, 0.2) is 5.82 Å². The SMILES string of the molecule is CC(C)c1nc(CCNC(=O)N2CC[C@@H](N3CCCCC3)C2)no1. The van der Waals surface area contributed by atoms with E-state index < -0.39 is 0 Å². The van der Waals surface area contributed by atoms with Crippen molar-refractivity contribution in [2.45, 2.75) is 57.9 Å². The van der Waals surface area contributed by atoms with Crippen LogP contribution in [0.2, 0.25) is 0 Å². The third kappa shape index (κ3) is 4.26. The lowest BCUT2D eigenvalue weighted by atomic mass is 10.1. The molecule has 0 aliphatic carbocycles. The van der Waals surface area contributed by atoms with Gasteiger partial charge < -0.3 is 14.7 Å². The maximum Gasteiger partial charge on any atom is 0.317 e. The molecule has 0 bridgehead atoms. The summed E-state index contributed by atoms with van der Waals surface area (Å²) in [6, 6.07) is 0.573. The highest BCUT2D eigenvalue weighted by Gasteiger charge is 2.30. The maximum atomic E-state index is 12.3. The van der Waals surface area contributed by atoms with Crippen molar-refractivity contribution in [2.24, 2.45) is 0 Å². The molecule has 7 nitrogen and oxygen atoms in total. The van der Waals surface area contributed by atoms with Gasteiger partial charge in [0.05, 0.1) is 0 Å². The molecule has 1 aromatic heterocycles. The number of carbonyl (C=O) groups is 1. The van der Waals surface area contributed by atoms with Gasteiger partial charge in [0, 0.05) is 38.0 Å². The fraction of sp³-hybridized carbons (Fsp3) is 0.824. The van der Waals surface area contributed by atoms with Crippen LogP contribution in [0.3, 0.4) is 0 Å². The highest BCUT2D eigenvalue weighted by atomic mass is 16.5. The number of hydrogen-bond acceptors (Lipinski definition) is 5. The monoisotopic (exact) mass is 335 g/mol. The molecule has 0 unspecified atom stereocenters. The Morgan fingerprint density at radius 3 is 2.79 bits per heavy atom. The van der Waals surface area contributed by atoms with Gasteiger partial charge in [-0.15, -0.1) is 0 Å². The highest BCUT2D eigenvalue weighted by Crippen LogP contribution is 2.20. The van der Waals surface area contributed by atoms with E-state index in [0.717, 1.165) is 19.5 Å². The Bertz CT molecular complexity index is 539. The minimum Gasteiger partial charge on any atom is -0.339 e. The standard InChI is InChI=1S/C17H29N5O2/c1-13(2)16-19-15(20-24-16)6-8-18-17(23)22-11-7-14(12-22)21-9-4-3-5-10-21/h13-14H,3-12H2,1-2H3,(H,18,23)/t14-/m1/s1. The molecule has 3 rings (SSSR count). The van der Waals surface area contributed by atoms with Crippen LogP contribution in [0.15, 0.2) is 4.52 Å². The van der Waals surface area contributed by atoms with Gasteiger partial charge in [-0.3, -0.25) is 4.90 Å². The molecule has 3 heterocycles. The molecule has 7 heteroatoms. The molecule has 0 aromatic carbocycles. The molecule has 1 N–H and O–H groups in total. The van der Waals surface area contributed by atoms with Gasteiger partial charge in [0.1, 0.15) is 0 Å². The van der Waals surface area contributed by atoms with E-state index in [4.69, 9.17) is 4.52 Å². The Kier molecular flexibility index (Phi) is 5.71. The van der Waals surface area contributed by atoms with Crippen LogP contribution < -0.4 is 5.32 Å². The molecule has 2 saturated heterocycles. The van der Waals surface area contributed by atoms with Gasteiger partial charge in [-0.25, -0.2) is 4.79 Å². The zero-order chi connectivity index (χ0) is 16.9. The summed E-state index contributed by atoms with van der Waals surface area (Å²) in [5.74, 6) is 1.55. The zero-order valence-electron chi connectivity index (χ0n) is 14.8. The second-order valence-corrected chi connectivity index (χ2v) is 7.17. The third-order valence-corrected chi connectivity index (χ3v) is 4.96. The average Bonchev–Trinajstić information content (AvgIpc) is 3.25. The second-order valence-electron chi connectivity index (χ2n) is 7.17. The van der Waals surface area contributed by atoms with Crippen LogP contribution >= 0.6 is 0 Å². The lowest BCUT2D eigenvalue weighted by Gasteiger charge is -2.32. The highest BCUT2D eigenvalue weighted by molar-refractivity contribution is 5.74. The number of carbonyl (C=O) groups excluding carboxylic acids is 1. The molecule has 24 heavy (non-hydrogen) atoms. The summed E-state index contributed by atoms with van der Waals surface area (Å²) in [6.07, 6.45) is 5.64. The molecule has 1 atom stereocenters. The molecule has 2 aliphatic heterocycles. The van der Waals surface area contributed by atoms with Crippen molar-refractivity contribution in [3.05, 3.63) is 11.7 Å². The fourth-order valence-corrected chi connectivity index (χ4v) is 3.50. The van der Waals surface area contributed by atoms with E-state index >= 15 is 0 Å². The average molecular weight is 335 g/mol. The normalized spacial score (nSPS) is 22.3. The molecule has 2 aliphatic rings. The zero-order valence-corrected chi connectivity index (χ0v) is 14.8. The number of urea groups is 1. The van der Waals surface area contributed by atoms with Crippen molar-refractivity contribution in [2.75, 3.05) is 32.7 Å². The number of rotatable bonds is 5. The number of aromatic nitrogens is 2. The largest absolute Gasteiger partial charge is 0.339 e. The Morgan fingerprint density at radius 1 is 1.29 bits per heavy atom. The number of piperidine rings is 1. The topological polar surface area (TPSA) is 74.5 Å². The van der Waals surface area contributed by atoms with Gasteiger partial charge in [0.2, 0.25) is 5.89 Å². The van der Waals surface area contributed by atoms with Crippen LogP contribution in [0.1, 0.15) is 57.2 Å². The quantitative estimate of drug-likeness (QED) is 0.891. The van der Waals surface area contributed by atoms with Crippen LogP contribution in [0.25, 0.3) is 0 Å². The Balaban J connectivity index is 1.39. The number of hydrogen-bond donors (Lipinski definition) is 1. The van der Waals surface area contributed by atoms with Crippen molar-refractivity contribution in [3.63, 3.8) is 0 Å². The van der Waals surface area contributed by atoms with Crippen LogP contribution in [-0.2, 0) is 6.42 Å². The van der Waals surface area contributed by atoms with Crippen LogP contribution in [-0.4, -0.2) is 64.7 Å². The molecular formula is C17H29N5O2. The number of nitrogens with zero attached hydrogens (tertiary/aromatic N) is 4. The van der Waals surface area contributed by atoms with Gasteiger partial charge in [-0.05, 0) is 32.4 Å². The third-order valence-electron chi connectivity index (χ3n) is 4.96. The number of likely N-dealkylation sites (tertiary alicyclic amines) is 2. The lowest BCUT2D eigenvalue weighted by Crippen LogP contribution is -2.44. The van der Waals surface area contributed by atoms with Gasteiger partial charge >= 0.3 is 6.03 Å². The Hall–Kier alpha value is -1.63. The summed E-state index contributed by atoms with van der Waals surface area (Å²) in [5.41, 5.74) is 0. The summed E-state index contributed by atoms with van der Waals surface area (Å²) in [4.78, 5) is 21.1. The van der Waals surface area contributed by atoms with Crippen molar-refractivity contribution < 1.29 is 9.32 Å². The molecule has 1 aromatic rings. The van der Waals surface area contributed by atoms with E-state index in [0.29, 0.717) is 30.7 Å². The van der Waals surface area contributed by atoms with Crippen molar-refractivity contribution in [1.29, 1.82) is 0 Å². The van der Waals surface area contributed by atoms with E-state index in [1.165, 1.54) is 32.4 Å². The van der Waals surface area contributed by atoms with Crippen LogP contribution in [0.4, 0.5) is 4.79 Å². The molecule has 0 spiro atoms. The van der Waals surface area contributed by atoms with Crippen molar-refractivity contribution >= 4 is 6.03 Å². The van der Waals surface area contributed by atoms with E-state index in [9.17, 15) is 4.79 Å². The van der Waals surface area contributed by atoms with E-state index in [-0.39, 0.29) is 11.9 Å². The molecule has 134 valence electrons. The van der Waals surface area contributed by atoms with Crippen LogP contribution in [0, 0.1) is 0 Å². The second kappa shape index (κ2) is 7.96. The first kappa shape index (κ1) is 17.2. The minimum atomic E-state index is 0.0297. The first-order chi connectivity index (χ1) is 11.6. The fourth-order valence-electron chi connectivity index (χ4n) is 3.50. The minimum absolute atomic E-state index is 0.0297. The summed E-state index contributed by atoms with van der Waals surface area (Å²) < 4.78 is 5.17. The summed E-state index contributed by atoms with van der Waals surface area (Å²) in [6.45, 7) is 8.67. The molecule has 0 saturated carbocycles. The summed E-state index contributed by atoms with van der Waals surface area (Å²) in [7, 11) is 0. The van der Waals surface area contributed by atoms with E-state index in [1.54, 1.807) is 0 Å². The maximum absolute atomic E-state index is 12.3. The first-order valence-corrected chi connectivity index (χ1v) is 9.23. The van der Waals surface area contributed by atoms with Gasteiger partial charge in [-0.1, -0.05) is 25.4 Å². The smallest absolute Gasteiger partial charge is 0.317 e. The Morgan fingerprint density at radius 2 is 2.08 bits per heavy atom. The van der Waals surface area contributed by atoms with Crippen molar-refractivity contribution in [3.8, 4) is 0 Å². The van der Waals surface area contributed by atoms with Gasteiger partial charge in [-0.2, -0.15) is 4.98 Å². The lowest BCUT2D eigenvalue weighted by molar-refractivity contribution is 0.161. The summed E-state index contributed by atoms with van der Waals surface area (Å²) >= 11 is 0. The molecule has 2 amide bonds. The van der Waals surface area contributed by atoms with Crippen molar-refractivity contribution in [1.82, 2.24) is 25.3 Å².